The Morgan fingerprint density at radius 2 is 2.25 bits per heavy atom. The SMILES string of the molecule is CCCNCc1nccn1Cc1cc(F)cc(C#N)c1. The Morgan fingerprint density at radius 1 is 1.40 bits per heavy atom. The second-order valence-electron chi connectivity index (χ2n) is 4.61. The average Bonchev–Trinajstić information content (AvgIpc) is 2.86. The van der Waals surface area contributed by atoms with Gasteiger partial charge < -0.3 is 9.88 Å². The van der Waals surface area contributed by atoms with Gasteiger partial charge in [0.05, 0.1) is 18.2 Å². The Hall–Kier alpha value is -2.19. The quantitative estimate of drug-likeness (QED) is 0.822. The smallest absolute Gasteiger partial charge is 0.124 e. The molecule has 1 aromatic heterocycles. The van der Waals surface area contributed by atoms with Gasteiger partial charge in [-0.15, -0.1) is 0 Å². The normalized spacial score (nSPS) is 10.4. The number of nitrogens with one attached hydrogen (secondary N) is 1. The molecule has 0 spiro atoms. The van der Waals surface area contributed by atoms with Crippen LogP contribution in [0.4, 0.5) is 4.39 Å². The van der Waals surface area contributed by atoms with Crippen LogP contribution in [-0.2, 0) is 13.1 Å². The van der Waals surface area contributed by atoms with Gasteiger partial charge in [0, 0.05) is 18.9 Å². The lowest BCUT2D eigenvalue weighted by Crippen LogP contribution is -2.18. The molecule has 20 heavy (non-hydrogen) atoms. The van der Waals surface area contributed by atoms with Crippen molar-refractivity contribution < 1.29 is 4.39 Å². The van der Waals surface area contributed by atoms with E-state index in [2.05, 4.69) is 17.2 Å². The highest BCUT2D eigenvalue weighted by molar-refractivity contribution is 5.33. The minimum Gasteiger partial charge on any atom is -0.329 e. The molecule has 0 saturated heterocycles. The first-order valence-electron chi connectivity index (χ1n) is 6.63. The highest BCUT2D eigenvalue weighted by Gasteiger charge is 2.05. The molecule has 5 heteroatoms. The van der Waals surface area contributed by atoms with E-state index in [1.807, 2.05) is 16.8 Å². The van der Waals surface area contributed by atoms with Crippen molar-refractivity contribution in [2.45, 2.75) is 26.4 Å². The molecule has 0 aliphatic carbocycles. The topological polar surface area (TPSA) is 53.6 Å². The molecule has 0 aliphatic rings. The zero-order valence-corrected chi connectivity index (χ0v) is 11.4. The number of nitriles is 1. The fraction of sp³-hybridized carbons (Fsp3) is 0.333. The molecule has 2 aromatic rings. The monoisotopic (exact) mass is 272 g/mol. The summed E-state index contributed by atoms with van der Waals surface area (Å²) in [6.07, 6.45) is 4.66. The van der Waals surface area contributed by atoms with Crippen molar-refractivity contribution in [1.29, 1.82) is 5.26 Å². The standard InChI is InChI=1S/C15H17FN4/c1-2-3-18-10-15-19-4-5-20(15)11-13-6-12(9-17)7-14(16)8-13/h4-8,18H,2-3,10-11H2,1H3. The number of benzene rings is 1. The number of rotatable bonds is 6. The van der Waals surface area contributed by atoms with Crippen LogP contribution in [0.25, 0.3) is 0 Å². The number of halogens is 1. The first-order chi connectivity index (χ1) is 9.72. The minimum atomic E-state index is -0.384. The van der Waals surface area contributed by atoms with Gasteiger partial charge in [-0.25, -0.2) is 9.37 Å². The summed E-state index contributed by atoms with van der Waals surface area (Å²) in [5.74, 6) is 0.519. The first-order valence-corrected chi connectivity index (χ1v) is 6.63. The van der Waals surface area contributed by atoms with E-state index >= 15 is 0 Å². The molecule has 0 unspecified atom stereocenters. The van der Waals surface area contributed by atoms with Crippen molar-refractivity contribution in [1.82, 2.24) is 14.9 Å². The van der Waals surface area contributed by atoms with Gasteiger partial charge in [0.25, 0.3) is 0 Å². The molecule has 0 amide bonds. The van der Waals surface area contributed by atoms with Crippen LogP contribution in [0.2, 0.25) is 0 Å². The number of hydrogen-bond donors (Lipinski definition) is 1. The van der Waals surface area contributed by atoms with Gasteiger partial charge in [0.15, 0.2) is 0 Å². The molecule has 1 aromatic carbocycles. The number of hydrogen-bond acceptors (Lipinski definition) is 3. The maximum Gasteiger partial charge on any atom is 0.124 e. The van der Waals surface area contributed by atoms with Crippen molar-refractivity contribution in [3.8, 4) is 6.07 Å². The van der Waals surface area contributed by atoms with Crippen molar-refractivity contribution in [2.24, 2.45) is 0 Å². The van der Waals surface area contributed by atoms with Gasteiger partial charge in [0.2, 0.25) is 0 Å². The molecule has 2 rings (SSSR count). The number of aromatic nitrogens is 2. The summed E-state index contributed by atoms with van der Waals surface area (Å²) in [6, 6.07) is 6.35. The molecule has 0 bridgehead atoms. The van der Waals surface area contributed by atoms with Gasteiger partial charge in [-0.3, -0.25) is 0 Å². The van der Waals surface area contributed by atoms with E-state index in [4.69, 9.17) is 5.26 Å². The van der Waals surface area contributed by atoms with E-state index in [0.29, 0.717) is 18.7 Å². The Bertz CT molecular complexity index is 613. The van der Waals surface area contributed by atoms with Crippen molar-refractivity contribution in [3.05, 3.63) is 53.4 Å². The van der Waals surface area contributed by atoms with Gasteiger partial charge in [-0.2, -0.15) is 5.26 Å². The van der Waals surface area contributed by atoms with E-state index in [1.165, 1.54) is 12.1 Å². The summed E-state index contributed by atoms with van der Waals surface area (Å²) in [4.78, 5) is 4.29. The fourth-order valence-corrected chi connectivity index (χ4v) is 2.03. The van der Waals surface area contributed by atoms with Crippen LogP contribution < -0.4 is 5.32 Å². The third-order valence-electron chi connectivity index (χ3n) is 2.95. The highest BCUT2D eigenvalue weighted by Crippen LogP contribution is 2.11. The molecular formula is C15H17FN4. The Morgan fingerprint density at radius 3 is 3.00 bits per heavy atom. The number of imidazole rings is 1. The maximum absolute atomic E-state index is 13.4. The van der Waals surface area contributed by atoms with Crippen LogP contribution >= 0.6 is 0 Å². The third-order valence-corrected chi connectivity index (χ3v) is 2.95. The molecule has 1 heterocycles. The predicted octanol–water partition coefficient (Wildman–Crippen LogP) is 2.44. The van der Waals surface area contributed by atoms with Crippen LogP contribution in [-0.4, -0.2) is 16.1 Å². The van der Waals surface area contributed by atoms with E-state index in [1.54, 1.807) is 12.3 Å². The summed E-state index contributed by atoms with van der Waals surface area (Å²) in [5, 5.41) is 12.2. The maximum atomic E-state index is 13.4. The Balaban J connectivity index is 2.12. The Labute approximate surface area is 117 Å². The molecule has 4 nitrogen and oxygen atoms in total. The van der Waals surface area contributed by atoms with Gasteiger partial charge >= 0.3 is 0 Å². The second-order valence-corrected chi connectivity index (χ2v) is 4.61. The van der Waals surface area contributed by atoms with Crippen molar-refractivity contribution in [3.63, 3.8) is 0 Å². The average molecular weight is 272 g/mol. The fourth-order valence-electron chi connectivity index (χ4n) is 2.03. The zero-order valence-electron chi connectivity index (χ0n) is 11.4. The molecule has 0 fully saturated rings. The molecule has 0 atom stereocenters. The highest BCUT2D eigenvalue weighted by atomic mass is 19.1. The van der Waals surface area contributed by atoms with Gasteiger partial charge in [0.1, 0.15) is 11.6 Å². The second kappa shape index (κ2) is 6.83. The van der Waals surface area contributed by atoms with E-state index in [-0.39, 0.29) is 5.82 Å². The van der Waals surface area contributed by atoms with Crippen LogP contribution in [0.3, 0.4) is 0 Å². The molecule has 0 saturated carbocycles. The lowest BCUT2D eigenvalue weighted by molar-refractivity contribution is 0.607. The summed E-state index contributed by atoms with van der Waals surface area (Å²) in [7, 11) is 0. The van der Waals surface area contributed by atoms with Crippen molar-refractivity contribution >= 4 is 0 Å². The van der Waals surface area contributed by atoms with E-state index < -0.39 is 0 Å². The molecule has 1 N–H and O–H groups in total. The summed E-state index contributed by atoms with van der Waals surface area (Å²) >= 11 is 0. The molecule has 0 aliphatic heterocycles. The first kappa shape index (κ1) is 14.2. The van der Waals surface area contributed by atoms with E-state index in [9.17, 15) is 4.39 Å². The summed E-state index contributed by atoms with van der Waals surface area (Å²) in [6.45, 7) is 4.23. The number of nitrogens with zero attached hydrogens (tertiary/aromatic N) is 3. The lowest BCUT2D eigenvalue weighted by Gasteiger charge is -2.09. The van der Waals surface area contributed by atoms with Crippen LogP contribution in [0.15, 0.2) is 30.6 Å². The van der Waals surface area contributed by atoms with Crippen LogP contribution in [0.5, 0.6) is 0 Å². The van der Waals surface area contributed by atoms with Gasteiger partial charge in [-0.05, 0) is 36.7 Å². The zero-order chi connectivity index (χ0) is 14.4. The molecule has 104 valence electrons. The third kappa shape index (κ3) is 3.65. The van der Waals surface area contributed by atoms with Crippen molar-refractivity contribution in [2.75, 3.05) is 6.54 Å². The summed E-state index contributed by atoms with van der Waals surface area (Å²) < 4.78 is 15.4. The Kier molecular flexibility index (Phi) is 4.85. The molecular weight excluding hydrogens is 255 g/mol. The van der Waals surface area contributed by atoms with E-state index in [0.717, 1.165) is 24.4 Å². The van der Waals surface area contributed by atoms with Crippen LogP contribution in [0, 0.1) is 17.1 Å². The predicted molar refractivity (Wildman–Crippen MR) is 74.4 cm³/mol. The minimum absolute atomic E-state index is 0.339. The lowest BCUT2D eigenvalue weighted by atomic mass is 10.1. The summed E-state index contributed by atoms with van der Waals surface area (Å²) in [5.41, 5.74) is 1.10. The van der Waals surface area contributed by atoms with Crippen LogP contribution in [0.1, 0.15) is 30.3 Å². The van der Waals surface area contributed by atoms with Gasteiger partial charge in [-0.1, -0.05) is 6.92 Å². The largest absolute Gasteiger partial charge is 0.329 e. The molecule has 0 radical (unpaired) electrons.